The minimum absolute atomic E-state index is 0. The Morgan fingerprint density at radius 2 is 1.67 bits per heavy atom. The summed E-state index contributed by atoms with van der Waals surface area (Å²) in [6.45, 7) is 22.4. The van der Waals surface area contributed by atoms with E-state index in [2.05, 4.69) is 83.8 Å². The molecule has 0 radical (unpaired) electrons. The lowest BCUT2D eigenvalue weighted by molar-refractivity contribution is 0.428. The van der Waals surface area contributed by atoms with Crippen LogP contribution < -0.4 is 0 Å². The predicted molar refractivity (Wildman–Crippen MR) is 134 cm³/mol. The zero-order valence-corrected chi connectivity index (χ0v) is 19.0. The maximum absolute atomic E-state index is 9.86. The lowest BCUT2D eigenvalue weighted by atomic mass is 9.86. The van der Waals surface area contributed by atoms with E-state index in [9.17, 15) is 5.11 Å². The predicted octanol–water partition coefficient (Wildman–Crippen LogP) is 8.35. The molecular formula is C29H36O. The van der Waals surface area contributed by atoms with Crippen molar-refractivity contribution in [3.05, 3.63) is 125 Å². The second kappa shape index (κ2) is 10.1. The van der Waals surface area contributed by atoms with E-state index in [1.165, 1.54) is 27.8 Å². The van der Waals surface area contributed by atoms with Gasteiger partial charge in [0, 0.05) is 7.00 Å². The van der Waals surface area contributed by atoms with Crippen LogP contribution >= 0.6 is 0 Å². The van der Waals surface area contributed by atoms with Gasteiger partial charge < -0.3 is 5.11 Å². The van der Waals surface area contributed by atoms with Gasteiger partial charge in [-0.1, -0.05) is 80.8 Å². The molecule has 1 heteroatoms. The van der Waals surface area contributed by atoms with Crippen molar-refractivity contribution in [1.82, 2.24) is 0 Å². The third kappa shape index (κ3) is 5.51. The molecular weight excluding hydrogens is 364 g/mol. The first-order chi connectivity index (χ1) is 14.2. The van der Waals surface area contributed by atoms with E-state index in [0.717, 1.165) is 23.1 Å². The van der Waals surface area contributed by atoms with Gasteiger partial charge in [-0.2, -0.15) is 0 Å². The normalized spacial score (nSPS) is 13.1. The van der Waals surface area contributed by atoms with Crippen LogP contribution in [0.1, 0.15) is 54.6 Å². The van der Waals surface area contributed by atoms with Gasteiger partial charge in [-0.15, -0.1) is 0 Å². The van der Waals surface area contributed by atoms with Crippen molar-refractivity contribution < 1.29 is 6.53 Å². The van der Waals surface area contributed by atoms with Crippen LogP contribution in [0.25, 0.3) is 5.57 Å². The van der Waals surface area contributed by atoms with Crippen molar-refractivity contribution >= 4 is 5.57 Å². The number of benzene rings is 2. The van der Waals surface area contributed by atoms with E-state index in [4.69, 9.17) is 0 Å². The topological polar surface area (TPSA) is 20.2 Å². The maximum atomic E-state index is 9.86. The van der Waals surface area contributed by atoms with Crippen molar-refractivity contribution in [3.8, 4) is 0 Å². The van der Waals surface area contributed by atoms with Crippen molar-refractivity contribution in [1.29, 1.82) is 0 Å². The van der Waals surface area contributed by atoms with Crippen LogP contribution in [0, 0.1) is 20.8 Å². The average Bonchev–Trinajstić information content (AvgIpc) is 2.69. The molecule has 0 fully saturated rings. The molecule has 0 heterocycles. The molecule has 1 atom stereocenters. The lowest BCUT2D eigenvalue weighted by Gasteiger charge is -2.19. The first-order valence-electron chi connectivity index (χ1n) is 10.4. The average molecular weight is 401 g/mol. The fourth-order valence-corrected chi connectivity index (χ4v) is 3.71. The van der Waals surface area contributed by atoms with Gasteiger partial charge in [0.05, 0.1) is 0 Å². The van der Waals surface area contributed by atoms with Crippen LogP contribution in [0.4, 0.5) is 0 Å². The molecule has 0 spiro atoms. The summed E-state index contributed by atoms with van der Waals surface area (Å²) in [6.07, 6.45) is 6.60. The third-order valence-electron chi connectivity index (χ3n) is 5.70. The van der Waals surface area contributed by atoms with Gasteiger partial charge in [0.15, 0.2) is 0 Å². The number of aryl methyl sites for hydroxylation is 3. The van der Waals surface area contributed by atoms with E-state index in [1.54, 1.807) is 0 Å². The minimum atomic E-state index is 0. The zero-order chi connectivity index (χ0) is 22.4. The first kappa shape index (κ1) is 23.2. The van der Waals surface area contributed by atoms with E-state index in [1.807, 2.05) is 25.2 Å². The Bertz CT molecular complexity index is 1020. The molecule has 0 saturated heterocycles. The van der Waals surface area contributed by atoms with Crippen LogP contribution in [0.15, 0.2) is 91.3 Å². The highest BCUT2D eigenvalue weighted by Gasteiger charge is 2.14. The fourth-order valence-electron chi connectivity index (χ4n) is 3.71. The Morgan fingerprint density at radius 1 is 1.07 bits per heavy atom. The van der Waals surface area contributed by atoms with E-state index >= 15 is 0 Å². The molecule has 1 N–H and O–H groups in total. The van der Waals surface area contributed by atoms with E-state index < -0.39 is 0 Å². The maximum Gasteiger partial charge on any atom is 0.115 e. The number of hydrogen-bond acceptors (Lipinski definition) is 1. The summed E-state index contributed by atoms with van der Waals surface area (Å²) in [7, 11) is 0. The molecule has 0 bridgehead atoms. The standard InChI is InChI=1S/C29H34O.H2/c1-9-25(17-23(7)28(10-2)24(8)30)29-18-21(5)20(4)15-27(29)16-22(6)26-13-11-19(3)12-14-26;/h9-15,17-18,22,30H,1,7-8,16H2,2-6H3;1H/b25-17+,28-10+;. The Morgan fingerprint density at radius 3 is 2.20 bits per heavy atom. The summed E-state index contributed by atoms with van der Waals surface area (Å²) in [5, 5.41) is 9.86. The third-order valence-corrected chi connectivity index (χ3v) is 5.70. The van der Waals surface area contributed by atoms with Gasteiger partial charge in [0.2, 0.25) is 0 Å². The number of hydrogen-bond donors (Lipinski definition) is 1. The molecule has 0 aliphatic heterocycles. The quantitative estimate of drug-likeness (QED) is 0.349. The summed E-state index contributed by atoms with van der Waals surface area (Å²) < 4.78 is 0. The van der Waals surface area contributed by atoms with Gasteiger partial charge in [-0.3, -0.25) is 0 Å². The summed E-state index contributed by atoms with van der Waals surface area (Å²) >= 11 is 0. The van der Waals surface area contributed by atoms with Crippen LogP contribution in [0.2, 0.25) is 0 Å². The molecule has 0 aliphatic rings. The lowest BCUT2D eigenvalue weighted by Crippen LogP contribution is -2.03. The smallest absolute Gasteiger partial charge is 0.115 e. The highest BCUT2D eigenvalue weighted by atomic mass is 16.3. The number of rotatable bonds is 8. The molecule has 30 heavy (non-hydrogen) atoms. The second-order valence-electron chi connectivity index (χ2n) is 8.09. The van der Waals surface area contributed by atoms with E-state index in [0.29, 0.717) is 11.5 Å². The largest absolute Gasteiger partial charge is 0.508 e. The molecule has 158 valence electrons. The Balaban J connectivity index is 0.00000480. The highest BCUT2D eigenvalue weighted by Crippen LogP contribution is 2.31. The van der Waals surface area contributed by atoms with Gasteiger partial charge in [0.1, 0.15) is 5.76 Å². The molecule has 0 amide bonds. The molecule has 2 aromatic rings. The van der Waals surface area contributed by atoms with Crippen molar-refractivity contribution in [2.75, 3.05) is 0 Å². The van der Waals surface area contributed by atoms with Crippen LogP contribution in [-0.2, 0) is 6.42 Å². The molecule has 0 aromatic heterocycles. The number of allylic oxidation sites excluding steroid dienone is 5. The van der Waals surface area contributed by atoms with Crippen LogP contribution in [-0.4, -0.2) is 5.11 Å². The summed E-state index contributed by atoms with van der Waals surface area (Å²) in [5.74, 6) is 0.416. The van der Waals surface area contributed by atoms with Crippen LogP contribution in [0.5, 0.6) is 0 Å². The summed E-state index contributed by atoms with van der Waals surface area (Å²) in [6, 6.07) is 13.3. The molecule has 0 aliphatic carbocycles. The Hall–Kier alpha value is -3.06. The molecule has 2 aromatic carbocycles. The Labute approximate surface area is 184 Å². The number of aliphatic hydroxyl groups excluding tert-OH is 1. The summed E-state index contributed by atoms with van der Waals surface area (Å²) in [5.41, 5.74) is 9.95. The Kier molecular flexibility index (Phi) is 7.83. The minimum Gasteiger partial charge on any atom is -0.508 e. The van der Waals surface area contributed by atoms with Gasteiger partial charge in [0.25, 0.3) is 0 Å². The van der Waals surface area contributed by atoms with Crippen molar-refractivity contribution in [2.45, 2.75) is 47.0 Å². The van der Waals surface area contributed by atoms with Crippen LogP contribution in [0.3, 0.4) is 0 Å². The first-order valence-corrected chi connectivity index (χ1v) is 10.4. The molecule has 2 rings (SSSR count). The van der Waals surface area contributed by atoms with Crippen molar-refractivity contribution in [2.24, 2.45) is 0 Å². The number of aliphatic hydroxyl groups is 1. The second-order valence-corrected chi connectivity index (χ2v) is 8.09. The monoisotopic (exact) mass is 400 g/mol. The van der Waals surface area contributed by atoms with Gasteiger partial charge in [-0.05, 0) is 85.1 Å². The SMILES string of the molecule is C=C/C(=C\C(=C)/C(=C\C)C(=C)O)c1cc(C)c(C)cc1CC(C)c1ccc(C)cc1.[HH]. The van der Waals surface area contributed by atoms with E-state index in [-0.39, 0.29) is 7.19 Å². The molecule has 1 unspecified atom stereocenters. The molecule has 0 saturated carbocycles. The zero-order valence-electron chi connectivity index (χ0n) is 19.0. The van der Waals surface area contributed by atoms with Gasteiger partial charge in [-0.25, -0.2) is 0 Å². The van der Waals surface area contributed by atoms with Crippen molar-refractivity contribution in [3.63, 3.8) is 0 Å². The molecule has 1 nitrogen and oxygen atoms in total. The summed E-state index contributed by atoms with van der Waals surface area (Å²) in [4.78, 5) is 0. The van der Waals surface area contributed by atoms with Gasteiger partial charge >= 0.3 is 0 Å². The fraction of sp³-hybridized carbons (Fsp3) is 0.241. The highest BCUT2D eigenvalue weighted by molar-refractivity contribution is 5.79.